The van der Waals surface area contributed by atoms with Crippen LogP contribution in [0.2, 0.25) is 0 Å². The highest BCUT2D eigenvalue weighted by atomic mass is 32.1. The van der Waals surface area contributed by atoms with E-state index in [0.717, 1.165) is 21.5 Å². The lowest BCUT2D eigenvalue weighted by Crippen LogP contribution is -1.97. The molecule has 0 atom stereocenters. The molecular weight excluding hydrogens is 246 g/mol. The fourth-order valence-corrected chi connectivity index (χ4v) is 2.38. The van der Waals surface area contributed by atoms with Gasteiger partial charge in [0.25, 0.3) is 0 Å². The number of anilines is 1. The van der Waals surface area contributed by atoms with E-state index in [1.165, 1.54) is 11.3 Å². The number of aromatic nitrogens is 4. The van der Waals surface area contributed by atoms with E-state index in [1.807, 2.05) is 48.1 Å². The minimum Gasteiger partial charge on any atom is -0.363 e. The Balaban J connectivity index is 2.07. The first kappa shape index (κ1) is 10.9. The number of hydrogen-bond donors (Lipinski definition) is 1. The molecule has 0 aliphatic rings. The summed E-state index contributed by atoms with van der Waals surface area (Å²) in [6.07, 6.45) is 1.77. The first-order valence-corrected chi connectivity index (χ1v) is 6.31. The Morgan fingerprint density at radius 3 is 2.67 bits per heavy atom. The zero-order valence-electron chi connectivity index (χ0n) is 9.74. The van der Waals surface area contributed by atoms with Crippen molar-refractivity contribution < 1.29 is 0 Å². The van der Waals surface area contributed by atoms with Crippen LogP contribution in [0.4, 0.5) is 5.13 Å². The lowest BCUT2D eigenvalue weighted by molar-refractivity contribution is 0.883. The third-order valence-electron chi connectivity index (χ3n) is 2.50. The molecular formula is C12H11N5S. The van der Waals surface area contributed by atoms with Crippen molar-refractivity contribution in [3.8, 4) is 16.4 Å². The van der Waals surface area contributed by atoms with Crippen LogP contribution in [0, 0.1) is 0 Å². The van der Waals surface area contributed by atoms with Crippen LogP contribution in [0.5, 0.6) is 0 Å². The van der Waals surface area contributed by atoms with E-state index >= 15 is 0 Å². The molecule has 0 saturated carbocycles. The summed E-state index contributed by atoms with van der Waals surface area (Å²) in [5.41, 5.74) is 1.96. The molecule has 3 aromatic rings. The molecule has 90 valence electrons. The lowest BCUT2D eigenvalue weighted by Gasteiger charge is -2.04. The highest BCUT2D eigenvalue weighted by molar-refractivity contribution is 7.18. The van der Waals surface area contributed by atoms with Crippen molar-refractivity contribution in [3.63, 3.8) is 0 Å². The van der Waals surface area contributed by atoms with Crippen LogP contribution in [0.15, 0.2) is 42.6 Å². The largest absolute Gasteiger partial charge is 0.363 e. The van der Waals surface area contributed by atoms with Gasteiger partial charge in [-0.05, 0) is 18.2 Å². The van der Waals surface area contributed by atoms with Crippen LogP contribution in [0.1, 0.15) is 0 Å². The van der Waals surface area contributed by atoms with Gasteiger partial charge in [0.15, 0.2) is 5.01 Å². The standard InChI is InChI=1S/C12H11N5S/c1-13-12-16-15-11(18-12)10-7-8-14-17(10)9-5-3-2-4-6-9/h2-8H,1H3,(H,13,16). The number of rotatable bonds is 3. The maximum absolute atomic E-state index is 4.33. The molecule has 1 aromatic carbocycles. The molecule has 2 heterocycles. The van der Waals surface area contributed by atoms with Gasteiger partial charge in [0.1, 0.15) is 5.69 Å². The molecule has 0 aliphatic carbocycles. The molecule has 5 nitrogen and oxygen atoms in total. The molecule has 0 fully saturated rings. The third-order valence-corrected chi connectivity index (χ3v) is 3.46. The first-order chi connectivity index (χ1) is 8.88. The van der Waals surface area contributed by atoms with Crippen LogP contribution in [-0.4, -0.2) is 27.0 Å². The van der Waals surface area contributed by atoms with Crippen molar-refractivity contribution in [1.82, 2.24) is 20.0 Å². The number of para-hydroxylation sites is 1. The second-order valence-electron chi connectivity index (χ2n) is 3.63. The highest BCUT2D eigenvalue weighted by Gasteiger charge is 2.11. The summed E-state index contributed by atoms with van der Waals surface area (Å²) in [5.74, 6) is 0. The van der Waals surface area contributed by atoms with Gasteiger partial charge in [-0.15, -0.1) is 10.2 Å². The van der Waals surface area contributed by atoms with Crippen LogP contribution in [0.25, 0.3) is 16.4 Å². The van der Waals surface area contributed by atoms with Crippen molar-refractivity contribution in [2.45, 2.75) is 0 Å². The van der Waals surface area contributed by atoms with Crippen molar-refractivity contribution in [1.29, 1.82) is 0 Å². The molecule has 0 bridgehead atoms. The quantitative estimate of drug-likeness (QED) is 0.783. The smallest absolute Gasteiger partial charge is 0.205 e. The Labute approximate surface area is 108 Å². The minimum absolute atomic E-state index is 0.797. The summed E-state index contributed by atoms with van der Waals surface area (Å²) >= 11 is 1.51. The van der Waals surface area contributed by atoms with Gasteiger partial charge in [0, 0.05) is 7.05 Å². The summed E-state index contributed by atoms with van der Waals surface area (Å²) in [6, 6.07) is 11.9. The van der Waals surface area contributed by atoms with Crippen LogP contribution in [-0.2, 0) is 0 Å². The van der Waals surface area contributed by atoms with Gasteiger partial charge in [0.05, 0.1) is 11.9 Å². The van der Waals surface area contributed by atoms with Gasteiger partial charge in [-0.2, -0.15) is 5.10 Å². The average Bonchev–Trinajstić information content (AvgIpc) is 3.08. The van der Waals surface area contributed by atoms with E-state index in [1.54, 1.807) is 6.20 Å². The molecule has 3 rings (SSSR count). The van der Waals surface area contributed by atoms with Gasteiger partial charge in [-0.25, -0.2) is 4.68 Å². The number of nitrogens with zero attached hydrogens (tertiary/aromatic N) is 4. The number of hydrogen-bond acceptors (Lipinski definition) is 5. The predicted octanol–water partition coefficient (Wildman–Crippen LogP) is 2.43. The van der Waals surface area contributed by atoms with E-state index < -0.39 is 0 Å². The number of benzene rings is 1. The second kappa shape index (κ2) is 4.58. The Kier molecular flexibility index (Phi) is 2.77. The monoisotopic (exact) mass is 257 g/mol. The number of nitrogens with one attached hydrogen (secondary N) is 1. The van der Waals surface area contributed by atoms with Gasteiger partial charge >= 0.3 is 0 Å². The van der Waals surface area contributed by atoms with Gasteiger partial charge in [0.2, 0.25) is 5.13 Å². The van der Waals surface area contributed by atoms with Crippen molar-refractivity contribution in [2.24, 2.45) is 0 Å². The maximum Gasteiger partial charge on any atom is 0.205 e. The molecule has 0 saturated heterocycles. The van der Waals surface area contributed by atoms with Crippen molar-refractivity contribution in [3.05, 3.63) is 42.6 Å². The Bertz CT molecular complexity index is 643. The fourth-order valence-electron chi connectivity index (χ4n) is 1.67. The average molecular weight is 257 g/mol. The molecule has 6 heteroatoms. The molecule has 0 amide bonds. The Morgan fingerprint density at radius 2 is 1.94 bits per heavy atom. The predicted molar refractivity (Wildman–Crippen MR) is 72.0 cm³/mol. The Hall–Kier alpha value is -2.21. The summed E-state index contributed by atoms with van der Waals surface area (Å²) in [5, 5.41) is 17.2. The van der Waals surface area contributed by atoms with Gasteiger partial charge < -0.3 is 5.32 Å². The van der Waals surface area contributed by atoms with Crippen LogP contribution in [0.3, 0.4) is 0 Å². The van der Waals surface area contributed by atoms with Gasteiger partial charge in [-0.1, -0.05) is 29.5 Å². The SMILES string of the molecule is CNc1nnc(-c2ccnn2-c2ccccc2)s1. The second-order valence-corrected chi connectivity index (χ2v) is 4.60. The molecule has 0 spiro atoms. The normalized spacial score (nSPS) is 10.5. The van der Waals surface area contributed by atoms with Crippen LogP contribution >= 0.6 is 11.3 Å². The van der Waals surface area contributed by atoms with E-state index in [-0.39, 0.29) is 0 Å². The molecule has 1 N–H and O–H groups in total. The fraction of sp³-hybridized carbons (Fsp3) is 0.0833. The summed E-state index contributed by atoms with van der Waals surface area (Å²) < 4.78 is 1.86. The molecule has 0 radical (unpaired) electrons. The highest BCUT2D eigenvalue weighted by Crippen LogP contribution is 2.27. The minimum atomic E-state index is 0.797. The first-order valence-electron chi connectivity index (χ1n) is 5.49. The topological polar surface area (TPSA) is 55.6 Å². The zero-order chi connectivity index (χ0) is 12.4. The summed E-state index contributed by atoms with van der Waals surface area (Å²) in [7, 11) is 1.83. The molecule has 0 unspecified atom stereocenters. The molecule has 18 heavy (non-hydrogen) atoms. The van der Waals surface area contributed by atoms with Crippen molar-refractivity contribution >= 4 is 16.5 Å². The lowest BCUT2D eigenvalue weighted by atomic mass is 10.3. The van der Waals surface area contributed by atoms with E-state index in [2.05, 4.69) is 20.6 Å². The van der Waals surface area contributed by atoms with E-state index in [0.29, 0.717) is 0 Å². The molecule has 2 aromatic heterocycles. The summed E-state index contributed by atoms with van der Waals surface area (Å²) in [6.45, 7) is 0. The third kappa shape index (κ3) is 1.86. The molecule has 0 aliphatic heterocycles. The van der Waals surface area contributed by atoms with Gasteiger partial charge in [-0.3, -0.25) is 0 Å². The zero-order valence-corrected chi connectivity index (χ0v) is 10.6. The van der Waals surface area contributed by atoms with E-state index in [9.17, 15) is 0 Å². The Morgan fingerprint density at radius 1 is 1.11 bits per heavy atom. The van der Waals surface area contributed by atoms with Crippen molar-refractivity contribution in [2.75, 3.05) is 12.4 Å². The van der Waals surface area contributed by atoms with E-state index in [4.69, 9.17) is 0 Å². The summed E-state index contributed by atoms with van der Waals surface area (Å²) in [4.78, 5) is 0. The maximum atomic E-state index is 4.33. The van der Waals surface area contributed by atoms with Crippen LogP contribution < -0.4 is 5.32 Å².